The molecule has 0 saturated carbocycles. The van der Waals surface area contributed by atoms with E-state index >= 15 is 0 Å². The maximum absolute atomic E-state index is 11.3. The topological polar surface area (TPSA) is 63.4 Å². The molecule has 4 nitrogen and oxygen atoms in total. The molecule has 2 N–H and O–H groups in total. The van der Waals surface area contributed by atoms with Gasteiger partial charge >= 0.3 is 0 Å². The lowest BCUT2D eigenvalue weighted by Crippen LogP contribution is -2.39. The van der Waals surface area contributed by atoms with Gasteiger partial charge in [0.1, 0.15) is 0 Å². The molecule has 0 unspecified atom stereocenters. The summed E-state index contributed by atoms with van der Waals surface area (Å²) >= 11 is 0. The highest BCUT2D eigenvalue weighted by atomic mass is 16.2. The average Bonchev–Trinajstić information content (AvgIpc) is 2.03. The molecule has 13 heavy (non-hydrogen) atoms. The smallest absolute Gasteiger partial charge is 0.234 e. The van der Waals surface area contributed by atoms with E-state index in [0.29, 0.717) is 5.57 Å². The Morgan fingerprint density at radius 2 is 2.15 bits per heavy atom. The van der Waals surface area contributed by atoms with Gasteiger partial charge in [0.25, 0.3) is 0 Å². The summed E-state index contributed by atoms with van der Waals surface area (Å²) in [6.45, 7) is 4.01. The zero-order valence-electron chi connectivity index (χ0n) is 7.91. The molecule has 1 heterocycles. The second-order valence-corrected chi connectivity index (χ2v) is 3.35. The number of hydrogen-bond acceptors (Lipinski definition) is 3. The first kappa shape index (κ1) is 9.92. The number of carbonyl (C=O) groups excluding carboxylic acids is 2. The first-order valence-electron chi connectivity index (χ1n) is 4.31. The monoisotopic (exact) mass is 182 g/mol. The summed E-state index contributed by atoms with van der Waals surface area (Å²) in [6, 6.07) is 0.0853. The van der Waals surface area contributed by atoms with Gasteiger partial charge in [0.05, 0.1) is 6.42 Å². The fraction of sp³-hybridized carbons (Fsp3) is 0.556. The molecule has 1 aliphatic rings. The third kappa shape index (κ3) is 1.95. The summed E-state index contributed by atoms with van der Waals surface area (Å²) in [5.41, 5.74) is 5.91. The summed E-state index contributed by atoms with van der Waals surface area (Å²) < 4.78 is 0. The molecular formula is C9H14N2O2. The number of carbonyl (C=O) groups is 2. The molecule has 0 radical (unpaired) electrons. The highest BCUT2D eigenvalue weighted by Crippen LogP contribution is 2.14. The third-order valence-electron chi connectivity index (χ3n) is 2.03. The molecule has 0 atom stereocenters. The van der Waals surface area contributed by atoms with E-state index in [2.05, 4.69) is 0 Å². The van der Waals surface area contributed by atoms with Crippen LogP contribution in [-0.2, 0) is 9.59 Å². The highest BCUT2D eigenvalue weighted by molar-refractivity contribution is 6.09. The van der Waals surface area contributed by atoms with Gasteiger partial charge in [-0.15, -0.1) is 0 Å². The normalized spacial score (nSPS) is 18.2. The van der Waals surface area contributed by atoms with Gasteiger partial charge in [-0.25, -0.2) is 0 Å². The van der Waals surface area contributed by atoms with Gasteiger partial charge in [-0.3, -0.25) is 9.59 Å². The van der Waals surface area contributed by atoms with Crippen LogP contribution in [0.3, 0.4) is 0 Å². The molecule has 0 aliphatic carbocycles. The van der Waals surface area contributed by atoms with Crippen LogP contribution in [0.2, 0.25) is 0 Å². The number of ketones is 1. The van der Waals surface area contributed by atoms with Gasteiger partial charge in [0.2, 0.25) is 5.91 Å². The molecule has 1 rings (SSSR count). The van der Waals surface area contributed by atoms with Crippen molar-refractivity contribution in [1.29, 1.82) is 0 Å². The van der Waals surface area contributed by atoms with Crippen LogP contribution in [0, 0.1) is 0 Å². The lowest BCUT2D eigenvalue weighted by Gasteiger charge is -2.27. The van der Waals surface area contributed by atoms with Crippen molar-refractivity contribution in [2.45, 2.75) is 26.3 Å². The number of rotatable bonds is 2. The Labute approximate surface area is 77.4 Å². The zero-order chi connectivity index (χ0) is 10.0. The van der Waals surface area contributed by atoms with Crippen LogP contribution >= 0.6 is 0 Å². The average molecular weight is 182 g/mol. The highest BCUT2D eigenvalue weighted by Gasteiger charge is 2.25. The van der Waals surface area contributed by atoms with Crippen molar-refractivity contribution >= 4 is 11.7 Å². The van der Waals surface area contributed by atoms with Crippen molar-refractivity contribution < 1.29 is 9.59 Å². The summed E-state index contributed by atoms with van der Waals surface area (Å²) in [7, 11) is 0. The fourth-order valence-corrected chi connectivity index (χ4v) is 1.26. The molecule has 4 heteroatoms. The molecule has 72 valence electrons. The van der Waals surface area contributed by atoms with Crippen LogP contribution < -0.4 is 5.73 Å². The van der Waals surface area contributed by atoms with Crippen LogP contribution in [-0.4, -0.2) is 29.2 Å². The molecule has 0 aromatic heterocycles. The van der Waals surface area contributed by atoms with E-state index in [1.165, 1.54) is 0 Å². The first-order valence-corrected chi connectivity index (χ1v) is 4.31. The standard InChI is InChI=1S/C9H14N2O2/c1-6(2)11-5-7(4-10)8(12)3-9(11)13/h5-6H,3-4,10H2,1-2H3. The number of hydrogen-bond donors (Lipinski definition) is 1. The van der Waals surface area contributed by atoms with Crippen molar-refractivity contribution in [1.82, 2.24) is 4.90 Å². The van der Waals surface area contributed by atoms with Crippen LogP contribution in [0.1, 0.15) is 20.3 Å². The van der Waals surface area contributed by atoms with Gasteiger partial charge in [-0.2, -0.15) is 0 Å². The summed E-state index contributed by atoms with van der Waals surface area (Å²) in [4.78, 5) is 24.1. The van der Waals surface area contributed by atoms with Crippen LogP contribution in [0.5, 0.6) is 0 Å². The Morgan fingerprint density at radius 1 is 1.54 bits per heavy atom. The molecule has 0 aromatic rings. The minimum atomic E-state index is -0.149. The number of Topliss-reactive ketones (excluding diaryl/α,β-unsaturated/α-hetero) is 1. The molecular weight excluding hydrogens is 168 g/mol. The molecule has 0 aromatic carbocycles. The van der Waals surface area contributed by atoms with Crippen molar-refractivity contribution in [3.05, 3.63) is 11.8 Å². The molecule has 1 amide bonds. The lowest BCUT2D eigenvalue weighted by atomic mass is 10.0. The summed E-state index contributed by atoms with van der Waals surface area (Å²) in [5, 5.41) is 0. The second-order valence-electron chi connectivity index (χ2n) is 3.35. The number of nitrogens with zero attached hydrogens (tertiary/aromatic N) is 1. The molecule has 1 aliphatic heterocycles. The molecule has 0 bridgehead atoms. The molecule has 0 saturated heterocycles. The zero-order valence-corrected chi connectivity index (χ0v) is 7.91. The Kier molecular flexibility index (Phi) is 2.83. The lowest BCUT2D eigenvalue weighted by molar-refractivity contribution is -0.134. The van der Waals surface area contributed by atoms with Crippen molar-refractivity contribution in [3.8, 4) is 0 Å². The van der Waals surface area contributed by atoms with E-state index in [4.69, 9.17) is 5.73 Å². The van der Waals surface area contributed by atoms with E-state index in [9.17, 15) is 9.59 Å². The van der Waals surface area contributed by atoms with Gasteiger partial charge in [0, 0.05) is 24.4 Å². The SMILES string of the molecule is CC(C)N1C=C(CN)C(=O)CC1=O. The fourth-order valence-electron chi connectivity index (χ4n) is 1.26. The summed E-state index contributed by atoms with van der Waals surface area (Å²) in [6.07, 6.45) is 1.53. The largest absolute Gasteiger partial charge is 0.326 e. The number of nitrogens with two attached hydrogens (primary N) is 1. The Balaban J connectivity index is 2.92. The van der Waals surface area contributed by atoms with E-state index < -0.39 is 0 Å². The molecule has 0 spiro atoms. The maximum atomic E-state index is 11.3. The van der Waals surface area contributed by atoms with Crippen molar-refractivity contribution in [2.75, 3.05) is 6.54 Å². The maximum Gasteiger partial charge on any atom is 0.234 e. The van der Waals surface area contributed by atoms with Crippen LogP contribution in [0.4, 0.5) is 0 Å². The van der Waals surface area contributed by atoms with Gasteiger partial charge in [-0.05, 0) is 13.8 Å². The van der Waals surface area contributed by atoms with Crippen molar-refractivity contribution in [3.63, 3.8) is 0 Å². The third-order valence-corrected chi connectivity index (χ3v) is 2.03. The minimum absolute atomic E-state index is 0.0405. The van der Waals surface area contributed by atoms with Gasteiger partial charge in [-0.1, -0.05) is 0 Å². The molecule has 0 fully saturated rings. The van der Waals surface area contributed by atoms with E-state index in [-0.39, 0.29) is 30.7 Å². The second kappa shape index (κ2) is 3.70. The van der Waals surface area contributed by atoms with Crippen LogP contribution in [0.15, 0.2) is 11.8 Å². The predicted octanol–water partition coefficient (Wildman–Crippen LogP) is 0.0388. The van der Waals surface area contributed by atoms with E-state index in [1.807, 2.05) is 13.8 Å². The Bertz CT molecular complexity index is 269. The minimum Gasteiger partial charge on any atom is -0.326 e. The predicted molar refractivity (Wildman–Crippen MR) is 48.7 cm³/mol. The van der Waals surface area contributed by atoms with E-state index in [1.54, 1.807) is 11.1 Å². The first-order chi connectivity index (χ1) is 6.06. The van der Waals surface area contributed by atoms with Crippen LogP contribution in [0.25, 0.3) is 0 Å². The van der Waals surface area contributed by atoms with Gasteiger partial charge < -0.3 is 10.6 Å². The van der Waals surface area contributed by atoms with Crippen molar-refractivity contribution in [2.24, 2.45) is 5.73 Å². The summed E-state index contributed by atoms with van der Waals surface area (Å²) in [5.74, 6) is -0.290. The quantitative estimate of drug-likeness (QED) is 0.613. The Morgan fingerprint density at radius 3 is 2.62 bits per heavy atom. The van der Waals surface area contributed by atoms with Gasteiger partial charge in [0.15, 0.2) is 5.78 Å². The Hall–Kier alpha value is -1.16. The number of amides is 1. The van der Waals surface area contributed by atoms with E-state index in [0.717, 1.165) is 0 Å².